The highest BCUT2D eigenvalue weighted by molar-refractivity contribution is 5.92. The van der Waals surface area contributed by atoms with E-state index in [4.69, 9.17) is 0 Å². The van der Waals surface area contributed by atoms with Crippen molar-refractivity contribution in [3.8, 4) is 0 Å². The Hall–Kier alpha value is -2.11. The van der Waals surface area contributed by atoms with Crippen LogP contribution in [-0.2, 0) is 12.1 Å². The third-order valence-electron chi connectivity index (χ3n) is 3.81. The van der Waals surface area contributed by atoms with Crippen LogP contribution in [0.15, 0.2) is 24.8 Å². The molecule has 118 valence electrons. The number of imidazole rings is 1. The number of carbonyl (C=O) groups excluding carboxylic acids is 1. The number of amides is 1. The Morgan fingerprint density at radius 3 is 2.77 bits per heavy atom. The summed E-state index contributed by atoms with van der Waals surface area (Å²) in [6.45, 7) is 7.49. The average Bonchev–Trinajstić information content (AvgIpc) is 3.00. The molecule has 1 fully saturated rings. The van der Waals surface area contributed by atoms with Gasteiger partial charge in [0.2, 0.25) is 0 Å². The second-order valence-electron chi connectivity index (χ2n) is 6.87. The standard InChI is InChI=1S/C16H23N5O/c1-16(2,3)21-14(10-13(19-21)12-4-5-12)15(22)18-7-9-20-8-6-17-11-20/h6,8,10-12H,4-5,7,9H2,1-3H3,(H,18,22). The van der Waals surface area contributed by atoms with Crippen LogP contribution in [-0.4, -0.2) is 31.8 Å². The molecule has 6 nitrogen and oxygen atoms in total. The van der Waals surface area contributed by atoms with Crippen LogP contribution >= 0.6 is 0 Å². The van der Waals surface area contributed by atoms with Gasteiger partial charge in [0.25, 0.3) is 5.91 Å². The number of hydrogen-bond donors (Lipinski definition) is 1. The fourth-order valence-electron chi connectivity index (χ4n) is 2.46. The maximum absolute atomic E-state index is 12.5. The second kappa shape index (κ2) is 5.59. The molecule has 1 amide bonds. The van der Waals surface area contributed by atoms with Crippen molar-refractivity contribution in [2.45, 2.75) is 51.6 Å². The molecule has 0 spiro atoms. The van der Waals surface area contributed by atoms with Crippen LogP contribution in [0.2, 0.25) is 0 Å². The Labute approximate surface area is 130 Å². The van der Waals surface area contributed by atoms with Crippen LogP contribution in [0.25, 0.3) is 0 Å². The molecular weight excluding hydrogens is 278 g/mol. The molecule has 0 saturated heterocycles. The molecule has 2 aromatic rings. The Morgan fingerprint density at radius 2 is 2.18 bits per heavy atom. The number of nitrogens with one attached hydrogen (secondary N) is 1. The molecule has 22 heavy (non-hydrogen) atoms. The molecule has 0 aliphatic heterocycles. The van der Waals surface area contributed by atoms with E-state index >= 15 is 0 Å². The summed E-state index contributed by atoms with van der Waals surface area (Å²) in [5.41, 5.74) is 1.50. The van der Waals surface area contributed by atoms with Gasteiger partial charge >= 0.3 is 0 Å². The highest BCUT2D eigenvalue weighted by atomic mass is 16.2. The largest absolute Gasteiger partial charge is 0.349 e. The van der Waals surface area contributed by atoms with Gasteiger partial charge < -0.3 is 9.88 Å². The van der Waals surface area contributed by atoms with Crippen LogP contribution in [0.4, 0.5) is 0 Å². The zero-order valence-electron chi connectivity index (χ0n) is 13.4. The number of rotatable bonds is 5. The molecule has 1 N–H and O–H groups in total. The normalized spacial score (nSPS) is 15.0. The van der Waals surface area contributed by atoms with Gasteiger partial charge in [0.1, 0.15) is 5.69 Å². The molecule has 3 rings (SSSR count). The van der Waals surface area contributed by atoms with E-state index in [9.17, 15) is 4.79 Å². The molecular formula is C16H23N5O. The quantitative estimate of drug-likeness (QED) is 0.920. The van der Waals surface area contributed by atoms with E-state index in [1.54, 1.807) is 12.5 Å². The van der Waals surface area contributed by atoms with Crippen LogP contribution in [0.3, 0.4) is 0 Å². The van der Waals surface area contributed by atoms with Gasteiger partial charge in [-0.15, -0.1) is 0 Å². The van der Waals surface area contributed by atoms with Crippen LogP contribution in [0.5, 0.6) is 0 Å². The zero-order valence-corrected chi connectivity index (χ0v) is 13.4. The van der Waals surface area contributed by atoms with Gasteiger partial charge in [-0.2, -0.15) is 5.10 Å². The summed E-state index contributed by atoms with van der Waals surface area (Å²) >= 11 is 0. The van der Waals surface area contributed by atoms with Crippen molar-refractivity contribution in [3.63, 3.8) is 0 Å². The topological polar surface area (TPSA) is 64.7 Å². The molecule has 0 aromatic carbocycles. The first-order chi connectivity index (χ1) is 10.4. The summed E-state index contributed by atoms with van der Waals surface area (Å²) in [4.78, 5) is 16.5. The van der Waals surface area contributed by atoms with Crippen LogP contribution in [0.1, 0.15) is 55.7 Å². The number of aromatic nitrogens is 4. The van der Waals surface area contributed by atoms with Gasteiger partial charge in [-0.1, -0.05) is 0 Å². The van der Waals surface area contributed by atoms with Crippen molar-refractivity contribution >= 4 is 5.91 Å². The van der Waals surface area contributed by atoms with Gasteiger partial charge in [-0.05, 0) is 39.7 Å². The predicted molar refractivity (Wildman–Crippen MR) is 83.8 cm³/mol. The Kier molecular flexibility index (Phi) is 3.76. The van der Waals surface area contributed by atoms with Crippen molar-refractivity contribution in [3.05, 3.63) is 36.2 Å². The lowest BCUT2D eigenvalue weighted by Crippen LogP contribution is -2.33. The summed E-state index contributed by atoms with van der Waals surface area (Å²) in [7, 11) is 0. The van der Waals surface area contributed by atoms with Gasteiger partial charge in [0.15, 0.2) is 0 Å². The molecule has 1 aliphatic carbocycles. The minimum atomic E-state index is -0.204. The van der Waals surface area contributed by atoms with Gasteiger partial charge in [-0.3, -0.25) is 9.48 Å². The maximum Gasteiger partial charge on any atom is 0.269 e. The molecule has 2 heterocycles. The van der Waals surface area contributed by atoms with E-state index in [1.807, 2.05) is 21.5 Å². The number of hydrogen-bond acceptors (Lipinski definition) is 3. The lowest BCUT2D eigenvalue weighted by Gasteiger charge is -2.22. The lowest BCUT2D eigenvalue weighted by molar-refractivity contribution is 0.0934. The SMILES string of the molecule is CC(C)(C)n1nc(C2CC2)cc1C(=O)NCCn1ccnc1. The van der Waals surface area contributed by atoms with Crippen molar-refractivity contribution in [1.82, 2.24) is 24.6 Å². The van der Waals surface area contributed by atoms with Gasteiger partial charge in [0.05, 0.1) is 17.6 Å². The third kappa shape index (κ3) is 3.21. The first kappa shape index (κ1) is 14.8. The van der Waals surface area contributed by atoms with Crippen molar-refractivity contribution < 1.29 is 4.79 Å². The van der Waals surface area contributed by atoms with E-state index in [0.29, 0.717) is 24.7 Å². The molecule has 1 aliphatic rings. The van der Waals surface area contributed by atoms with Crippen molar-refractivity contribution in [2.24, 2.45) is 0 Å². The lowest BCUT2D eigenvalue weighted by atomic mass is 10.1. The maximum atomic E-state index is 12.5. The second-order valence-corrected chi connectivity index (χ2v) is 6.87. The summed E-state index contributed by atoms with van der Waals surface area (Å²) in [5.74, 6) is 0.482. The molecule has 0 unspecified atom stereocenters. The van der Waals surface area contributed by atoms with E-state index in [-0.39, 0.29) is 11.4 Å². The molecule has 0 radical (unpaired) electrons. The summed E-state index contributed by atoms with van der Waals surface area (Å²) in [6.07, 6.45) is 7.73. The van der Waals surface area contributed by atoms with Gasteiger partial charge in [0, 0.05) is 31.4 Å². The Balaban J connectivity index is 1.70. The monoisotopic (exact) mass is 301 g/mol. The van der Waals surface area contributed by atoms with Crippen molar-refractivity contribution in [1.29, 1.82) is 0 Å². The highest BCUT2D eigenvalue weighted by Crippen LogP contribution is 2.40. The molecule has 0 bridgehead atoms. The third-order valence-corrected chi connectivity index (χ3v) is 3.81. The molecule has 1 saturated carbocycles. The van der Waals surface area contributed by atoms with Crippen LogP contribution < -0.4 is 5.32 Å². The van der Waals surface area contributed by atoms with E-state index in [0.717, 1.165) is 5.69 Å². The Bertz CT molecular complexity index is 647. The fraction of sp³-hybridized carbons (Fsp3) is 0.562. The van der Waals surface area contributed by atoms with E-state index in [2.05, 4.69) is 36.2 Å². The predicted octanol–water partition coefficient (Wildman–Crippen LogP) is 2.14. The minimum Gasteiger partial charge on any atom is -0.349 e. The molecule has 0 atom stereocenters. The first-order valence-electron chi connectivity index (χ1n) is 7.79. The number of carbonyl (C=O) groups is 1. The zero-order chi connectivity index (χ0) is 15.7. The summed E-state index contributed by atoms with van der Waals surface area (Å²) < 4.78 is 3.80. The fourth-order valence-corrected chi connectivity index (χ4v) is 2.46. The molecule has 6 heteroatoms. The number of nitrogens with zero attached hydrogens (tertiary/aromatic N) is 4. The average molecular weight is 301 g/mol. The van der Waals surface area contributed by atoms with Crippen molar-refractivity contribution in [2.75, 3.05) is 6.54 Å². The Morgan fingerprint density at radius 1 is 1.41 bits per heavy atom. The smallest absolute Gasteiger partial charge is 0.269 e. The highest BCUT2D eigenvalue weighted by Gasteiger charge is 2.31. The van der Waals surface area contributed by atoms with E-state index < -0.39 is 0 Å². The van der Waals surface area contributed by atoms with E-state index in [1.165, 1.54) is 12.8 Å². The summed E-state index contributed by atoms with van der Waals surface area (Å²) in [6, 6.07) is 1.95. The van der Waals surface area contributed by atoms with Crippen LogP contribution in [0, 0.1) is 0 Å². The minimum absolute atomic E-state index is 0.0607. The first-order valence-corrected chi connectivity index (χ1v) is 7.79. The molecule has 2 aromatic heterocycles. The van der Waals surface area contributed by atoms with Gasteiger partial charge in [-0.25, -0.2) is 4.98 Å². The summed E-state index contributed by atoms with van der Waals surface area (Å²) in [5, 5.41) is 7.64.